The molecule has 40 heavy (non-hydrogen) atoms. The third-order valence-electron chi connectivity index (χ3n) is 6.33. The summed E-state index contributed by atoms with van der Waals surface area (Å²) in [5, 5.41) is 2.29. The van der Waals surface area contributed by atoms with E-state index >= 15 is 0 Å². The van der Waals surface area contributed by atoms with E-state index in [-0.39, 0.29) is 31.7 Å². The van der Waals surface area contributed by atoms with Crippen LogP contribution in [-0.2, 0) is 31.7 Å². The maximum absolute atomic E-state index is 4.97. The number of nitrogens with zero attached hydrogens (tertiary/aromatic N) is 3. The molecule has 0 aliphatic carbocycles. The van der Waals surface area contributed by atoms with Gasteiger partial charge in [0.05, 0.1) is 0 Å². The molecule has 1 aliphatic heterocycles. The smallest absolute Gasteiger partial charge is 0.584 e. The Morgan fingerprint density at radius 3 is 1.32 bits per heavy atom. The number of pyridine rings is 1. The third kappa shape index (κ3) is 14.0. The van der Waals surface area contributed by atoms with Crippen molar-refractivity contribution >= 4 is 0 Å². The van der Waals surface area contributed by atoms with Crippen LogP contribution in [0.25, 0.3) is 5.43 Å². The first-order chi connectivity index (χ1) is 18.7. The van der Waals surface area contributed by atoms with Gasteiger partial charge < -0.3 is 10.4 Å². The van der Waals surface area contributed by atoms with Crippen LogP contribution in [0.2, 0.25) is 0 Å². The van der Waals surface area contributed by atoms with Crippen LogP contribution in [0, 0.1) is 20.8 Å². The number of piperidine rings is 1. The number of benzene rings is 3. The van der Waals surface area contributed by atoms with Crippen LogP contribution >= 0.6 is 0 Å². The molecule has 0 amide bonds. The van der Waals surface area contributed by atoms with Crippen molar-refractivity contribution < 1.29 is 26.2 Å². The zero-order valence-corrected chi connectivity index (χ0v) is 27.2. The Bertz CT molecular complexity index is 1040. The van der Waals surface area contributed by atoms with E-state index in [4.69, 9.17) is 5.43 Å². The van der Waals surface area contributed by atoms with Crippen molar-refractivity contribution in [1.29, 1.82) is 0 Å². The molecule has 4 aromatic rings. The Kier molecular flexibility index (Phi) is 17.0. The monoisotopic (exact) mass is 609 g/mol. The average Bonchev–Trinajstić information content (AvgIpc) is 2.94. The molecule has 2 heterocycles. The second-order valence-electron chi connectivity index (χ2n) is 10.3. The number of aromatic nitrogens is 1. The van der Waals surface area contributed by atoms with Crippen LogP contribution in [0.1, 0.15) is 69.3 Å². The molecule has 3 nitrogen and oxygen atoms in total. The predicted molar refractivity (Wildman–Crippen MR) is 168 cm³/mol. The van der Waals surface area contributed by atoms with Gasteiger partial charge in [-0.15, -0.1) is 36.4 Å². The summed E-state index contributed by atoms with van der Waals surface area (Å²) in [6.45, 7) is 20.0. The molecule has 1 aromatic heterocycles. The normalized spacial score (nSPS) is 16.3. The Balaban J connectivity index is 0.000000300. The molecule has 4 heteroatoms. The number of hydrogen-bond acceptors (Lipinski definition) is 2. The van der Waals surface area contributed by atoms with Crippen LogP contribution < -0.4 is 0 Å². The second-order valence-corrected chi connectivity index (χ2v) is 10.3. The summed E-state index contributed by atoms with van der Waals surface area (Å²) in [5.74, 6) is 0. The fourth-order valence-corrected chi connectivity index (χ4v) is 4.10. The van der Waals surface area contributed by atoms with Gasteiger partial charge in [0.2, 0.25) is 0 Å². The SMILES string of the molecule is C[C@@H]1CCC[C@H](C)N1[N-]C(C)(C)c1ccccn1.[CH2-]c1ccccc1.[CH2-]c1ccccc1.[CH2-]c1ccccc1.[Zr+4]. The predicted octanol–water partition coefficient (Wildman–Crippen LogP) is 9.47. The maximum atomic E-state index is 4.97. The minimum absolute atomic E-state index is 0. The Hall–Kier alpha value is -2.78. The van der Waals surface area contributed by atoms with Crippen molar-refractivity contribution in [2.24, 2.45) is 0 Å². The molecule has 0 spiro atoms. The van der Waals surface area contributed by atoms with Crippen molar-refractivity contribution in [1.82, 2.24) is 9.99 Å². The fraction of sp³-hybridized carbons (Fsp3) is 0.278. The molecule has 208 valence electrons. The van der Waals surface area contributed by atoms with Gasteiger partial charge in [-0.2, -0.15) is 73.9 Å². The molecule has 1 aliphatic rings. The van der Waals surface area contributed by atoms with E-state index in [2.05, 4.69) is 64.5 Å². The van der Waals surface area contributed by atoms with Gasteiger partial charge in [-0.25, -0.2) is 0 Å². The van der Waals surface area contributed by atoms with Gasteiger partial charge in [0, 0.05) is 11.9 Å². The Morgan fingerprint density at radius 1 is 0.650 bits per heavy atom. The zero-order chi connectivity index (χ0) is 28.5. The summed E-state index contributed by atoms with van der Waals surface area (Å²) in [7, 11) is 0. The van der Waals surface area contributed by atoms with Crippen molar-refractivity contribution in [2.45, 2.75) is 64.6 Å². The summed E-state index contributed by atoms with van der Waals surface area (Å²) in [5.41, 5.74) is 8.97. The Morgan fingerprint density at radius 2 is 1.02 bits per heavy atom. The van der Waals surface area contributed by atoms with Gasteiger partial charge in [-0.1, -0.05) is 63.9 Å². The molecule has 2 atom stereocenters. The average molecular weight is 611 g/mol. The summed E-state index contributed by atoms with van der Waals surface area (Å²) in [6.07, 6.45) is 5.65. The van der Waals surface area contributed by atoms with Crippen LogP contribution in [0.5, 0.6) is 0 Å². The van der Waals surface area contributed by atoms with Gasteiger partial charge >= 0.3 is 26.2 Å². The molecule has 3 aromatic carbocycles. The molecule has 0 radical (unpaired) electrons. The first-order valence-corrected chi connectivity index (χ1v) is 13.7. The topological polar surface area (TPSA) is 30.2 Å². The summed E-state index contributed by atoms with van der Waals surface area (Å²) >= 11 is 0. The molecule has 0 N–H and O–H groups in total. The van der Waals surface area contributed by atoms with Gasteiger partial charge in [0.25, 0.3) is 0 Å². The number of rotatable bonds is 3. The first-order valence-electron chi connectivity index (χ1n) is 13.7. The van der Waals surface area contributed by atoms with Crippen molar-refractivity contribution in [2.75, 3.05) is 0 Å². The maximum Gasteiger partial charge on any atom is 4.00 e. The molecule has 0 saturated carbocycles. The minimum Gasteiger partial charge on any atom is -0.584 e. The summed E-state index contributed by atoms with van der Waals surface area (Å²) in [6, 6.07) is 36.7. The third-order valence-corrected chi connectivity index (χ3v) is 6.33. The van der Waals surface area contributed by atoms with E-state index in [9.17, 15) is 0 Å². The van der Waals surface area contributed by atoms with Crippen LogP contribution in [0.3, 0.4) is 0 Å². The van der Waals surface area contributed by atoms with Gasteiger partial charge in [0.15, 0.2) is 0 Å². The second kappa shape index (κ2) is 19.3. The van der Waals surface area contributed by atoms with E-state index in [1.807, 2.05) is 109 Å². The molecular weight excluding hydrogens is 566 g/mol. The quantitative estimate of drug-likeness (QED) is 0.216. The molecule has 0 unspecified atom stereocenters. The molecule has 0 bridgehead atoms. The van der Waals surface area contributed by atoms with Gasteiger partial charge in [0.1, 0.15) is 0 Å². The number of hydrogen-bond donors (Lipinski definition) is 0. The molecule has 5 rings (SSSR count). The van der Waals surface area contributed by atoms with Crippen LogP contribution in [0.4, 0.5) is 0 Å². The standard InChI is InChI=1S/C15H24N3.3C7H7.Zr/c1-12-8-7-9-13(2)18(12)17-15(3,4)14-10-5-6-11-16-14;3*1-7-5-3-2-4-6-7;/h5-6,10-13H,7-9H2,1-4H3;3*2-6H,1H2;/q4*-1;+4/t12-,13+;;;;. The Labute approximate surface area is 263 Å². The van der Waals surface area contributed by atoms with E-state index < -0.39 is 0 Å². The van der Waals surface area contributed by atoms with E-state index in [0.29, 0.717) is 12.1 Å². The van der Waals surface area contributed by atoms with Gasteiger partial charge in [-0.05, 0) is 37.1 Å². The van der Waals surface area contributed by atoms with Gasteiger partial charge in [-0.3, -0.25) is 4.98 Å². The van der Waals surface area contributed by atoms with Crippen molar-refractivity contribution in [3.05, 3.63) is 164 Å². The molecule has 1 saturated heterocycles. The van der Waals surface area contributed by atoms with Crippen LogP contribution in [-0.4, -0.2) is 22.1 Å². The van der Waals surface area contributed by atoms with Crippen molar-refractivity contribution in [3.63, 3.8) is 0 Å². The van der Waals surface area contributed by atoms with Crippen LogP contribution in [0.15, 0.2) is 115 Å². The summed E-state index contributed by atoms with van der Waals surface area (Å²) < 4.78 is 0. The van der Waals surface area contributed by atoms with E-state index in [1.54, 1.807) is 0 Å². The van der Waals surface area contributed by atoms with E-state index in [1.165, 1.54) is 19.3 Å². The molecular formula is C36H45N3Zr. The minimum atomic E-state index is -0.249. The van der Waals surface area contributed by atoms with Crippen molar-refractivity contribution in [3.8, 4) is 0 Å². The van der Waals surface area contributed by atoms with E-state index in [0.717, 1.165) is 22.4 Å². The first kappa shape index (κ1) is 35.2. The molecule has 1 fully saturated rings. The zero-order valence-electron chi connectivity index (χ0n) is 24.7. The largest absolute Gasteiger partial charge is 4.00 e. The summed E-state index contributed by atoms with van der Waals surface area (Å²) in [4.78, 5) is 4.45. The fourth-order valence-electron chi connectivity index (χ4n) is 4.10.